The molecule has 0 saturated carbocycles. The maximum atomic E-state index is 11.9. The number of rotatable bonds is 11. The molecule has 0 saturated heterocycles. The number of nitrogens with one attached hydrogen (secondary N) is 1. The molecular formula is C22H30N2O5. The quantitative estimate of drug-likeness (QED) is 0.265. The van der Waals surface area contributed by atoms with E-state index in [1.165, 1.54) is 20.8 Å². The maximum Gasteiger partial charge on any atom is 0.305 e. The van der Waals surface area contributed by atoms with E-state index in [4.69, 9.17) is 9.47 Å². The van der Waals surface area contributed by atoms with E-state index in [1.54, 1.807) is 12.3 Å². The first kappa shape index (κ1) is 24.2. The van der Waals surface area contributed by atoms with Crippen LogP contribution in [0, 0.1) is 11.8 Å². The van der Waals surface area contributed by atoms with Crippen molar-refractivity contribution in [1.82, 2.24) is 10.3 Å². The summed E-state index contributed by atoms with van der Waals surface area (Å²) in [5.41, 5.74) is -0.185. The van der Waals surface area contributed by atoms with Gasteiger partial charge in [-0.15, -0.1) is 11.8 Å². The van der Waals surface area contributed by atoms with Crippen molar-refractivity contribution < 1.29 is 23.9 Å². The third kappa shape index (κ3) is 8.77. The Morgan fingerprint density at radius 2 is 1.90 bits per heavy atom. The molecule has 1 amide bonds. The van der Waals surface area contributed by atoms with Crippen LogP contribution in [-0.2, 0) is 36.0 Å². The molecule has 7 heteroatoms. The van der Waals surface area contributed by atoms with E-state index < -0.39 is 17.7 Å². The number of esters is 2. The van der Waals surface area contributed by atoms with E-state index in [9.17, 15) is 14.4 Å². The molecular weight excluding hydrogens is 372 g/mol. The van der Waals surface area contributed by atoms with Gasteiger partial charge >= 0.3 is 11.9 Å². The normalized spacial score (nSPS) is 12.1. The molecule has 0 fully saturated rings. The Balaban J connectivity index is 3.13. The zero-order valence-corrected chi connectivity index (χ0v) is 17.7. The van der Waals surface area contributed by atoms with Crippen LogP contribution in [0.2, 0.25) is 0 Å². The van der Waals surface area contributed by atoms with Gasteiger partial charge in [0.05, 0.1) is 6.61 Å². The number of unbranched alkanes of at least 4 members (excludes halogenated alkanes) is 3. The van der Waals surface area contributed by atoms with Crippen LogP contribution in [0.15, 0.2) is 18.3 Å². The predicted octanol–water partition coefficient (Wildman–Crippen LogP) is 3.01. The van der Waals surface area contributed by atoms with Crippen LogP contribution in [0.5, 0.6) is 0 Å². The zero-order chi connectivity index (χ0) is 21.7. The average Bonchev–Trinajstić information content (AvgIpc) is 2.63. The van der Waals surface area contributed by atoms with Crippen LogP contribution in [0.25, 0.3) is 0 Å². The van der Waals surface area contributed by atoms with Crippen LogP contribution >= 0.6 is 0 Å². The lowest BCUT2D eigenvalue weighted by atomic mass is 9.96. The van der Waals surface area contributed by atoms with Crippen LogP contribution < -0.4 is 5.32 Å². The number of hydrogen-bond acceptors (Lipinski definition) is 6. The Labute approximate surface area is 172 Å². The molecule has 0 spiro atoms. The van der Waals surface area contributed by atoms with Gasteiger partial charge in [0.1, 0.15) is 5.69 Å². The van der Waals surface area contributed by atoms with Gasteiger partial charge in [0.15, 0.2) is 0 Å². The summed E-state index contributed by atoms with van der Waals surface area (Å²) in [5, 5.41) is 2.72. The van der Waals surface area contributed by atoms with Crippen molar-refractivity contribution in [2.24, 2.45) is 0 Å². The summed E-state index contributed by atoms with van der Waals surface area (Å²) in [5.74, 6) is 4.52. The minimum Gasteiger partial charge on any atom is -0.466 e. The molecule has 1 N–H and O–H groups in total. The highest BCUT2D eigenvalue weighted by molar-refractivity contribution is 5.75. The third-order valence-corrected chi connectivity index (χ3v) is 4.15. The number of carbonyl (C=O) groups is 3. The Kier molecular flexibility index (Phi) is 10.5. The van der Waals surface area contributed by atoms with Gasteiger partial charge in [0, 0.05) is 39.8 Å². The maximum absolute atomic E-state index is 11.9. The fourth-order valence-corrected chi connectivity index (χ4v) is 3.07. The minimum atomic E-state index is -1.50. The molecule has 0 aliphatic heterocycles. The Morgan fingerprint density at radius 1 is 1.14 bits per heavy atom. The number of amides is 1. The number of hydrogen-bond donors (Lipinski definition) is 1. The molecule has 1 aromatic rings. The van der Waals surface area contributed by atoms with Gasteiger partial charge in [-0.1, -0.05) is 12.5 Å². The molecule has 0 radical (unpaired) electrons. The average molecular weight is 402 g/mol. The number of aromatic nitrogens is 1. The van der Waals surface area contributed by atoms with Gasteiger partial charge in [-0.05, 0) is 37.8 Å². The molecule has 0 bridgehead atoms. The second kappa shape index (κ2) is 12.6. The van der Waals surface area contributed by atoms with Crippen LogP contribution in [0.3, 0.4) is 0 Å². The Morgan fingerprint density at radius 3 is 2.52 bits per heavy atom. The van der Waals surface area contributed by atoms with Gasteiger partial charge in [0.25, 0.3) is 0 Å². The summed E-state index contributed by atoms with van der Waals surface area (Å²) < 4.78 is 10.6. The van der Waals surface area contributed by atoms with Gasteiger partial charge in [-0.3, -0.25) is 19.4 Å². The Bertz CT molecular complexity index is 748. The number of pyridine rings is 1. The molecule has 1 rings (SSSR count). The molecule has 29 heavy (non-hydrogen) atoms. The highest BCUT2D eigenvalue weighted by Gasteiger charge is 2.40. The summed E-state index contributed by atoms with van der Waals surface area (Å²) >= 11 is 0. The second-order valence-corrected chi connectivity index (χ2v) is 6.69. The molecule has 0 aromatic carbocycles. The number of ether oxygens (including phenoxy) is 2. The van der Waals surface area contributed by atoms with Crippen LogP contribution in [0.1, 0.15) is 71.1 Å². The van der Waals surface area contributed by atoms with Crippen molar-refractivity contribution in [2.75, 3.05) is 6.61 Å². The summed E-state index contributed by atoms with van der Waals surface area (Å²) in [4.78, 5) is 39.4. The summed E-state index contributed by atoms with van der Waals surface area (Å²) in [7, 11) is 0. The predicted molar refractivity (Wildman–Crippen MR) is 108 cm³/mol. The van der Waals surface area contributed by atoms with Crippen molar-refractivity contribution in [3.63, 3.8) is 0 Å². The van der Waals surface area contributed by atoms with Gasteiger partial charge in [-0.25, -0.2) is 0 Å². The van der Waals surface area contributed by atoms with E-state index in [0.717, 1.165) is 31.2 Å². The molecule has 0 aliphatic rings. The first-order chi connectivity index (χ1) is 13.8. The summed E-state index contributed by atoms with van der Waals surface area (Å²) in [6.07, 6.45) is 6.12. The number of nitrogens with zero attached hydrogens (tertiary/aromatic N) is 1. The van der Waals surface area contributed by atoms with Gasteiger partial charge < -0.3 is 14.8 Å². The zero-order valence-electron chi connectivity index (χ0n) is 17.7. The SMILES string of the molecule is CC#CCCCCCc1cccnc1C(CCOC(C)=O)(NC(C)=O)OC(C)=O. The second-order valence-electron chi connectivity index (χ2n) is 6.69. The molecule has 7 nitrogen and oxygen atoms in total. The number of carbonyl (C=O) groups excluding carboxylic acids is 3. The topological polar surface area (TPSA) is 94.6 Å². The lowest BCUT2D eigenvalue weighted by Gasteiger charge is -2.34. The minimum absolute atomic E-state index is 0.0331. The van der Waals surface area contributed by atoms with Crippen molar-refractivity contribution in [2.45, 2.75) is 71.9 Å². The molecule has 158 valence electrons. The van der Waals surface area contributed by atoms with E-state index in [0.29, 0.717) is 12.1 Å². The van der Waals surface area contributed by atoms with E-state index in [2.05, 4.69) is 22.1 Å². The highest BCUT2D eigenvalue weighted by Crippen LogP contribution is 2.29. The third-order valence-electron chi connectivity index (χ3n) is 4.15. The van der Waals surface area contributed by atoms with Crippen molar-refractivity contribution >= 4 is 17.8 Å². The summed E-state index contributed by atoms with van der Waals surface area (Å²) in [6.45, 7) is 5.69. The van der Waals surface area contributed by atoms with E-state index >= 15 is 0 Å². The van der Waals surface area contributed by atoms with Crippen LogP contribution in [-0.4, -0.2) is 29.4 Å². The fraction of sp³-hybridized carbons (Fsp3) is 0.545. The number of aryl methyl sites for hydroxylation is 1. The van der Waals surface area contributed by atoms with Crippen molar-refractivity contribution in [1.29, 1.82) is 0 Å². The lowest BCUT2D eigenvalue weighted by Crippen LogP contribution is -2.50. The van der Waals surface area contributed by atoms with E-state index in [-0.39, 0.29) is 18.9 Å². The summed E-state index contributed by atoms with van der Waals surface area (Å²) in [6, 6.07) is 3.71. The first-order valence-electron chi connectivity index (χ1n) is 9.76. The standard InChI is InChI=1S/C22H30N2O5/c1-5-6-7-8-9-10-12-20-13-11-15-23-21(20)22(24-17(2)25,29-19(4)27)14-16-28-18(3)26/h11,13,15H,7-10,12,14,16H2,1-4H3,(H,24,25). The fourth-order valence-electron chi connectivity index (χ4n) is 3.07. The molecule has 1 heterocycles. The van der Waals surface area contributed by atoms with Crippen molar-refractivity contribution in [3.05, 3.63) is 29.6 Å². The lowest BCUT2D eigenvalue weighted by molar-refractivity contribution is -0.169. The molecule has 1 atom stereocenters. The monoisotopic (exact) mass is 402 g/mol. The van der Waals surface area contributed by atoms with E-state index in [1.807, 2.05) is 13.0 Å². The van der Waals surface area contributed by atoms with Gasteiger partial charge in [0.2, 0.25) is 11.6 Å². The first-order valence-corrected chi connectivity index (χ1v) is 9.76. The van der Waals surface area contributed by atoms with Crippen molar-refractivity contribution in [3.8, 4) is 11.8 Å². The smallest absolute Gasteiger partial charge is 0.305 e. The molecule has 1 unspecified atom stereocenters. The molecule has 1 aromatic heterocycles. The highest BCUT2D eigenvalue weighted by atomic mass is 16.6. The Hall–Kier alpha value is -2.88. The molecule has 0 aliphatic carbocycles. The van der Waals surface area contributed by atoms with Gasteiger partial charge in [-0.2, -0.15) is 0 Å². The largest absolute Gasteiger partial charge is 0.466 e. The van der Waals surface area contributed by atoms with Crippen LogP contribution in [0.4, 0.5) is 0 Å².